The van der Waals surface area contributed by atoms with Crippen LogP contribution in [0.25, 0.3) is 0 Å². The maximum absolute atomic E-state index is 6.03. The molecule has 1 aliphatic heterocycles. The number of piperidine rings is 1. The number of nitrogens with zero attached hydrogens (tertiary/aromatic N) is 1. The van der Waals surface area contributed by atoms with Crippen LogP contribution in [0.3, 0.4) is 0 Å². The van der Waals surface area contributed by atoms with Gasteiger partial charge in [-0.25, -0.2) is 0 Å². The summed E-state index contributed by atoms with van der Waals surface area (Å²) in [7, 11) is 0. The number of hydrogen-bond donors (Lipinski definition) is 0. The number of benzene rings is 1. The summed E-state index contributed by atoms with van der Waals surface area (Å²) >= 11 is 0. The van der Waals surface area contributed by atoms with Crippen molar-refractivity contribution < 1.29 is 4.74 Å². The second-order valence-corrected chi connectivity index (χ2v) is 7.14. The van der Waals surface area contributed by atoms with Gasteiger partial charge in [-0.2, -0.15) is 0 Å². The molecule has 1 radical (unpaired) electrons. The Kier molecular flexibility index (Phi) is 6.75. The first-order valence-corrected chi connectivity index (χ1v) is 8.98. The molecule has 0 atom stereocenters. The fourth-order valence-electron chi connectivity index (χ4n) is 2.95. The van der Waals surface area contributed by atoms with Crippen molar-refractivity contribution in [3.63, 3.8) is 0 Å². The van der Waals surface area contributed by atoms with Crippen LogP contribution in [0.15, 0.2) is 12.1 Å². The van der Waals surface area contributed by atoms with E-state index in [9.17, 15) is 0 Å². The Balaban J connectivity index is 1.85. The molecule has 2 heteroatoms. The fourth-order valence-corrected chi connectivity index (χ4v) is 2.95. The number of hydrogen-bond acceptors (Lipinski definition) is 2. The largest absolute Gasteiger partial charge is 0.494 e. The quantitative estimate of drug-likeness (QED) is 0.658. The lowest BCUT2D eigenvalue weighted by molar-refractivity contribution is 0.205. The van der Waals surface area contributed by atoms with Crippen LogP contribution in [0, 0.1) is 6.07 Å². The molecular weight excluding hydrogens is 270 g/mol. The van der Waals surface area contributed by atoms with E-state index in [1.165, 1.54) is 50.0 Å². The van der Waals surface area contributed by atoms with Gasteiger partial charge in [-0.15, -0.1) is 0 Å². The summed E-state index contributed by atoms with van der Waals surface area (Å²) in [5.41, 5.74) is 2.52. The third-order valence-electron chi connectivity index (χ3n) is 4.46. The second kappa shape index (κ2) is 8.57. The van der Waals surface area contributed by atoms with Crippen LogP contribution in [0.4, 0.5) is 0 Å². The SMILES string of the molecule is CC(C)c1[c]c(C(C)C)cc(OCCCN2CCCCC2)c1. The molecule has 1 aromatic carbocycles. The van der Waals surface area contributed by atoms with Crippen LogP contribution in [0.5, 0.6) is 5.75 Å². The zero-order chi connectivity index (χ0) is 15.9. The third-order valence-corrected chi connectivity index (χ3v) is 4.46. The van der Waals surface area contributed by atoms with Crippen molar-refractivity contribution in [2.24, 2.45) is 0 Å². The molecule has 0 amide bonds. The number of likely N-dealkylation sites (tertiary alicyclic amines) is 1. The van der Waals surface area contributed by atoms with Crippen LogP contribution >= 0.6 is 0 Å². The molecule has 1 saturated heterocycles. The van der Waals surface area contributed by atoms with Crippen LogP contribution < -0.4 is 4.74 Å². The molecule has 0 bridgehead atoms. The van der Waals surface area contributed by atoms with E-state index >= 15 is 0 Å². The normalized spacial score (nSPS) is 16.5. The average Bonchev–Trinajstić information content (AvgIpc) is 2.52. The van der Waals surface area contributed by atoms with Crippen molar-refractivity contribution in [1.29, 1.82) is 0 Å². The van der Waals surface area contributed by atoms with Crippen LogP contribution in [0.2, 0.25) is 0 Å². The minimum atomic E-state index is 0.495. The van der Waals surface area contributed by atoms with Crippen molar-refractivity contribution in [2.45, 2.75) is 65.2 Å². The minimum Gasteiger partial charge on any atom is -0.494 e. The smallest absolute Gasteiger partial charge is 0.119 e. The third kappa shape index (κ3) is 5.31. The van der Waals surface area contributed by atoms with Gasteiger partial charge in [-0.1, -0.05) is 34.1 Å². The molecule has 0 aromatic heterocycles. The van der Waals surface area contributed by atoms with Crippen LogP contribution in [-0.4, -0.2) is 31.1 Å². The topological polar surface area (TPSA) is 12.5 Å². The highest BCUT2D eigenvalue weighted by Crippen LogP contribution is 2.26. The summed E-state index contributed by atoms with van der Waals surface area (Å²) in [4.78, 5) is 2.57. The molecule has 2 nitrogen and oxygen atoms in total. The summed E-state index contributed by atoms with van der Waals surface area (Å²) in [6.45, 7) is 13.4. The first-order chi connectivity index (χ1) is 10.6. The highest BCUT2D eigenvalue weighted by atomic mass is 16.5. The Morgan fingerprint density at radius 3 is 2.14 bits per heavy atom. The van der Waals surface area contributed by atoms with Gasteiger partial charge in [-0.05, 0) is 73.5 Å². The van der Waals surface area contributed by atoms with Crippen molar-refractivity contribution in [3.05, 3.63) is 29.3 Å². The molecule has 0 spiro atoms. The van der Waals surface area contributed by atoms with Gasteiger partial charge in [-0.3, -0.25) is 0 Å². The molecule has 2 rings (SSSR count). The maximum Gasteiger partial charge on any atom is 0.119 e. The van der Waals surface area contributed by atoms with E-state index in [1.807, 2.05) is 0 Å². The molecule has 0 saturated carbocycles. The van der Waals surface area contributed by atoms with Gasteiger partial charge >= 0.3 is 0 Å². The number of ether oxygens (including phenoxy) is 1. The highest BCUT2D eigenvalue weighted by Gasteiger charge is 2.10. The second-order valence-electron chi connectivity index (χ2n) is 7.14. The zero-order valence-electron chi connectivity index (χ0n) is 14.8. The number of rotatable bonds is 7. The van der Waals surface area contributed by atoms with E-state index in [2.05, 4.69) is 50.8 Å². The van der Waals surface area contributed by atoms with Crippen LogP contribution in [-0.2, 0) is 0 Å². The first kappa shape index (κ1) is 17.3. The first-order valence-electron chi connectivity index (χ1n) is 8.98. The molecule has 1 fully saturated rings. The van der Waals surface area contributed by atoms with Crippen molar-refractivity contribution >= 4 is 0 Å². The monoisotopic (exact) mass is 302 g/mol. The lowest BCUT2D eigenvalue weighted by atomic mass is 9.95. The Morgan fingerprint density at radius 2 is 1.59 bits per heavy atom. The Hall–Kier alpha value is -1.02. The summed E-state index contributed by atoms with van der Waals surface area (Å²) in [6.07, 6.45) is 5.26. The predicted octanol–water partition coefficient (Wildman–Crippen LogP) is 4.99. The standard InChI is InChI=1S/C20H32NO/c1-16(2)18-13-19(17(3)4)15-20(14-18)22-12-8-11-21-9-6-5-7-10-21/h14-17H,5-12H2,1-4H3. The molecule has 0 aliphatic carbocycles. The molecule has 1 aromatic rings. The van der Waals surface area contributed by atoms with Crippen LogP contribution in [0.1, 0.15) is 76.3 Å². The van der Waals surface area contributed by atoms with Crippen molar-refractivity contribution in [2.75, 3.05) is 26.2 Å². The van der Waals surface area contributed by atoms with Gasteiger partial charge in [0, 0.05) is 6.54 Å². The predicted molar refractivity (Wildman–Crippen MR) is 93.9 cm³/mol. The molecule has 22 heavy (non-hydrogen) atoms. The molecule has 0 unspecified atom stereocenters. The average molecular weight is 302 g/mol. The molecule has 123 valence electrons. The molecule has 0 N–H and O–H groups in total. The van der Waals surface area contributed by atoms with Gasteiger partial charge in [0.1, 0.15) is 5.75 Å². The summed E-state index contributed by atoms with van der Waals surface area (Å²) in [6, 6.07) is 7.87. The van der Waals surface area contributed by atoms with E-state index < -0.39 is 0 Å². The van der Waals surface area contributed by atoms with Crippen molar-refractivity contribution in [3.8, 4) is 5.75 Å². The summed E-state index contributed by atoms with van der Waals surface area (Å²) in [5, 5.41) is 0. The highest BCUT2D eigenvalue weighted by molar-refractivity contribution is 5.36. The maximum atomic E-state index is 6.03. The van der Waals surface area contributed by atoms with Gasteiger partial charge in [0.25, 0.3) is 0 Å². The van der Waals surface area contributed by atoms with E-state index in [-0.39, 0.29) is 0 Å². The van der Waals surface area contributed by atoms with Gasteiger partial charge in [0.05, 0.1) is 6.61 Å². The van der Waals surface area contributed by atoms with Gasteiger partial charge < -0.3 is 9.64 Å². The van der Waals surface area contributed by atoms with Gasteiger partial charge in [0.15, 0.2) is 0 Å². The zero-order valence-corrected chi connectivity index (χ0v) is 14.8. The van der Waals surface area contributed by atoms with E-state index in [1.54, 1.807) is 0 Å². The Labute approximate surface area is 136 Å². The Bertz CT molecular complexity index is 421. The molecule has 1 heterocycles. The van der Waals surface area contributed by atoms with E-state index in [4.69, 9.17) is 4.74 Å². The fraction of sp³-hybridized carbons (Fsp3) is 0.700. The van der Waals surface area contributed by atoms with Crippen molar-refractivity contribution in [1.82, 2.24) is 4.90 Å². The van der Waals surface area contributed by atoms with E-state index in [0.29, 0.717) is 11.8 Å². The summed E-state index contributed by atoms with van der Waals surface area (Å²) in [5.74, 6) is 2.01. The minimum absolute atomic E-state index is 0.495. The van der Waals surface area contributed by atoms with E-state index in [0.717, 1.165) is 18.8 Å². The Morgan fingerprint density at radius 1 is 1.00 bits per heavy atom. The molecular formula is C20H32NO. The lowest BCUT2D eigenvalue weighted by Crippen LogP contribution is -2.31. The molecule has 1 aliphatic rings. The summed E-state index contributed by atoms with van der Waals surface area (Å²) < 4.78 is 6.03. The van der Waals surface area contributed by atoms with Gasteiger partial charge in [0.2, 0.25) is 0 Å². The lowest BCUT2D eigenvalue weighted by Gasteiger charge is -2.26.